The van der Waals surface area contributed by atoms with Gasteiger partial charge in [0.2, 0.25) is 0 Å². The molecule has 6 nitrogen and oxygen atoms in total. The smallest absolute Gasteiger partial charge is 0.281 e. The van der Waals surface area contributed by atoms with Crippen LogP contribution in [0.1, 0.15) is 23.7 Å². The molecular weight excluding hydrogens is 492 g/mol. The van der Waals surface area contributed by atoms with Gasteiger partial charge < -0.3 is 0 Å². The van der Waals surface area contributed by atoms with E-state index >= 15 is 0 Å². The number of hydrazone groups is 1. The molecule has 3 aromatic carbocycles. The van der Waals surface area contributed by atoms with Crippen molar-refractivity contribution >= 4 is 38.8 Å². The summed E-state index contributed by atoms with van der Waals surface area (Å²) in [6.07, 6.45) is 0. The molecule has 1 amide bonds. The number of benzene rings is 3. The van der Waals surface area contributed by atoms with Crippen LogP contribution >= 0.6 is 15.9 Å². The van der Waals surface area contributed by atoms with Crippen molar-refractivity contribution in [2.45, 2.75) is 13.8 Å². The molecule has 2 heterocycles. The van der Waals surface area contributed by atoms with E-state index in [4.69, 9.17) is 0 Å². The predicted molar refractivity (Wildman–Crippen MR) is 138 cm³/mol. The topological polar surface area (TPSA) is 70.5 Å². The Balaban J connectivity index is 1.75. The number of nitrogens with one attached hydrogen (secondary N) is 1. The van der Waals surface area contributed by atoms with Gasteiger partial charge in [0.25, 0.3) is 11.5 Å². The van der Waals surface area contributed by atoms with Gasteiger partial charge in [-0.05, 0) is 49.7 Å². The quantitative estimate of drug-likeness (QED) is 0.368. The number of amides is 1. The van der Waals surface area contributed by atoms with Gasteiger partial charge in [0.15, 0.2) is 0 Å². The number of aryl methyl sites for hydroxylation is 1. The Labute approximate surface area is 205 Å². The standard InChI is InChI=1S/C27H21BrN4O2/c1-17-23(26(33)31(29-17)21-13-7-4-8-14-21)25(19-10-5-3-6-11-19)24-18(2)30-32(27(24)34)22-15-9-12-20(28)16-22/h3-16,29H,1-2H3/b25-24-. The van der Waals surface area contributed by atoms with Gasteiger partial charge in [-0.2, -0.15) is 10.1 Å². The average molecular weight is 513 g/mol. The first-order valence-corrected chi connectivity index (χ1v) is 11.6. The summed E-state index contributed by atoms with van der Waals surface area (Å²) in [5, 5.41) is 9.13. The van der Waals surface area contributed by atoms with Crippen LogP contribution in [0, 0.1) is 6.92 Å². The molecule has 34 heavy (non-hydrogen) atoms. The number of carbonyl (C=O) groups is 1. The Morgan fingerprint density at radius 3 is 2.18 bits per heavy atom. The second-order valence-electron chi connectivity index (χ2n) is 7.99. The SMILES string of the molecule is CC1=NN(c2cccc(Br)c2)C(=O)/C1=C(/c1ccccc1)c1c(C)[nH]n(-c2ccccc2)c1=O. The molecule has 0 fully saturated rings. The minimum Gasteiger partial charge on any atom is -0.295 e. The lowest BCUT2D eigenvalue weighted by Crippen LogP contribution is -2.24. The number of H-pyrrole nitrogens is 1. The number of hydrogen-bond acceptors (Lipinski definition) is 3. The van der Waals surface area contributed by atoms with E-state index in [2.05, 4.69) is 26.1 Å². The predicted octanol–water partition coefficient (Wildman–Crippen LogP) is 5.46. The number of para-hydroxylation sites is 1. The van der Waals surface area contributed by atoms with E-state index < -0.39 is 0 Å². The molecule has 7 heteroatoms. The fourth-order valence-electron chi connectivity index (χ4n) is 4.20. The van der Waals surface area contributed by atoms with Crippen molar-refractivity contribution in [1.82, 2.24) is 9.78 Å². The number of hydrogen-bond donors (Lipinski definition) is 1. The van der Waals surface area contributed by atoms with E-state index in [1.165, 1.54) is 9.69 Å². The Bertz CT molecular complexity index is 1520. The molecule has 1 aromatic heterocycles. The van der Waals surface area contributed by atoms with Crippen LogP contribution in [0.5, 0.6) is 0 Å². The highest BCUT2D eigenvalue weighted by Gasteiger charge is 2.34. The van der Waals surface area contributed by atoms with E-state index in [0.717, 1.165) is 15.7 Å². The number of aromatic amines is 1. The molecule has 0 radical (unpaired) electrons. The lowest BCUT2D eigenvalue weighted by molar-refractivity contribution is -0.114. The number of aromatic nitrogens is 2. The fourth-order valence-corrected chi connectivity index (χ4v) is 4.58. The average Bonchev–Trinajstić information content (AvgIpc) is 3.31. The molecule has 5 rings (SSSR count). The van der Waals surface area contributed by atoms with Crippen LogP contribution in [0.4, 0.5) is 5.69 Å². The maximum Gasteiger partial charge on any atom is 0.281 e. The van der Waals surface area contributed by atoms with Crippen LogP contribution in [0.15, 0.2) is 105 Å². The molecule has 1 aliphatic rings. The summed E-state index contributed by atoms with van der Waals surface area (Å²) < 4.78 is 2.35. The second kappa shape index (κ2) is 8.76. The molecule has 0 saturated carbocycles. The van der Waals surface area contributed by atoms with Gasteiger partial charge in [-0.1, -0.05) is 70.5 Å². The summed E-state index contributed by atoms with van der Waals surface area (Å²) in [5.41, 5.74) is 4.56. The second-order valence-corrected chi connectivity index (χ2v) is 8.90. The lowest BCUT2D eigenvalue weighted by atomic mass is 9.91. The van der Waals surface area contributed by atoms with E-state index in [9.17, 15) is 9.59 Å². The van der Waals surface area contributed by atoms with Crippen LogP contribution in [-0.2, 0) is 4.79 Å². The number of anilines is 1. The van der Waals surface area contributed by atoms with Crippen LogP contribution in [0.25, 0.3) is 11.3 Å². The molecule has 0 unspecified atom stereocenters. The van der Waals surface area contributed by atoms with Crippen molar-refractivity contribution in [3.63, 3.8) is 0 Å². The zero-order valence-electron chi connectivity index (χ0n) is 18.6. The molecule has 0 aliphatic carbocycles. The number of halogens is 1. The van der Waals surface area contributed by atoms with E-state index in [0.29, 0.717) is 33.8 Å². The van der Waals surface area contributed by atoms with Crippen LogP contribution < -0.4 is 10.6 Å². The van der Waals surface area contributed by atoms with Crippen molar-refractivity contribution in [3.8, 4) is 5.69 Å². The Morgan fingerprint density at radius 1 is 0.853 bits per heavy atom. The summed E-state index contributed by atoms with van der Waals surface area (Å²) in [6.45, 7) is 3.64. The maximum atomic E-state index is 13.7. The highest BCUT2D eigenvalue weighted by Crippen LogP contribution is 2.34. The Morgan fingerprint density at radius 2 is 1.50 bits per heavy atom. The Hall–Kier alpha value is -3.97. The molecule has 0 bridgehead atoms. The molecule has 0 atom stereocenters. The minimum atomic E-state index is -0.277. The van der Waals surface area contributed by atoms with Gasteiger partial charge in [-0.25, -0.2) is 4.68 Å². The third-order valence-corrected chi connectivity index (χ3v) is 6.21. The maximum absolute atomic E-state index is 13.7. The molecule has 4 aromatic rings. The van der Waals surface area contributed by atoms with Crippen molar-refractivity contribution in [3.05, 3.63) is 122 Å². The lowest BCUT2D eigenvalue weighted by Gasteiger charge is -2.14. The molecule has 0 spiro atoms. The first kappa shape index (κ1) is 21.9. The minimum absolute atomic E-state index is 0.225. The number of rotatable bonds is 4. The molecular formula is C27H21BrN4O2. The van der Waals surface area contributed by atoms with Gasteiger partial charge in [-0.15, -0.1) is 0 Å². The van der Waals surface area contributed by atoms with Crippen molar-refractivity contribution < 1.29 is 4.79 Å². The largest absolute Gasteiger partial charge is 0.295 e. The van der Waals surface area contributed by atoms with E-state index in [1.807, 2.05) is 91.9 Å². The summed E-state index contributed by atoms with van der Waals surface area (Å²) in [5.74, 6) is -0.277. The van der Waals surface area contributed by atoms with E-state index in [1.54, 1.807) is 6.92 Å². The van der Waals surface area contributed by atoms with Crippen LogP contribution in [0.2, 0.25) is 0 Å². The summed E-state index contributed by atoms with van der Waals surface area (Å²) in [4.78, 5) is 27.4. The zero-order chi connectivity index (χ0) is 23.8. The van der Waals surface area contributed by atoms with Gasteiger partial charge in [-0.3, -0.25) is 14.7 Å². The summed E-state index contributed by atoms with van der Waals surface area (Å²) in [7, 11) is 0. The molecule has 1 aliphatic heterocycles. The third-order valence-electron chi connectivity index (χ3n) is 5.72. The first-order valence-electron chi connectivity index (χ1n) is 10.8. The van der Waals surface area contributed by atoms with Gasteiger partial charge >= 0.3 is 0 Å². The highest BCUT2D eigenvalue weighted by molar-refractivity contribution is 9.10. The van der Waals surface area contributed by atoms with Crippen LogP contribution in [0.3, 0.4) is 0 Å². The van der Waals surface area contributed by atoms with E-state index in [-0.39, 0.29) is 11.5 Å². The third kappa shape index (κ3) is 3.74. The normalized spacial score (nSPS) is 15.0. The van der Waals surface area contributed by atoms with Gasteiger partial charge in [0.05, 0.1) is 28.2 Å². The van der Waals surface area contributed by atoms with Crippen LogP contribution in [-0.4, -0.2) is 21.4 Å². The van der Waals surface area contributed by atoms with Crippen molar-refractivity contribution in [1.29, 1.82) is 0 Å². The molecule has 0 saturated heterocycles. The van der Waals surface area contributed by atoms with Crippen molar-refractivity contribution in [2.75, 3.05) is 5.01 Å². The summed E-state index contributed by atoms with van der Waals surface area (Å²) >= 11 is 3.46. The number of nitrogens with zero attached hydrogens (tertiary/aromatic N) is 3. The molecule has 168 valence electrons. The highest BCUT2D eigenvalue weighted by atomic mass is 79.9. The monoisotopic (exact) mass is 512 g/mol. The van der Waals surface area contributed by atoms with Crippen molar-refractivity contribution in [2.24, 2.45) is 5.10 Å². The zero-order valence-corrected chi connectivity index (χ0v) is 20.2. The number of carbonyl (C=O) groups excluding carboxylic acids is 1. The fraction of sp³-hybridized carbons (Fsp3) is 0.0741. The Kier molecular flexibility index (Phi) is 5.63. The van der Waals surface area contributed by atoms with Gasteiger partial charge in [0.1, 0.15) is 0 Å². The summed E-state index contributed by atoms with van der Waals surface area (Å²) in [6, 6.07) is 26.3. The first-order chi connectivity index (χ1) is 16.5. The molecule has 1 N–H and O–H groups in total. The van der Waals surface area contributed by atoms with Gasteiger partial charge in [0, 0.05) is 15.7 Å².